The van der Waals surface area contributed by atoms with Crippen molar-refractivity contribution in [2.75, 3.05) is 4.72 Å². The van der Waals surface area contributed by atoms with E-state index < -0.39 is 10.0 Å². The summed E-state index contributed by atoms with van der Waals surface area (Å²) in [7, 11) is -3.84. The molecule has 0 aliphatic heterocycles. The van der Waals surface area contributed by atoms with Crippen molar-refractivity contribution in [3.8, 4) is 0 Å². The van der Waals surface area contributed by atoms with Crippen LogP contribution >= 0.6 is 0 Å². The summed E-state index contributed by atoms with van der Waals surface area (Å²) in [6, 6.07) is 19.8. The highest BCUT2D eigenvalue weighted by molar-refractivity contribution is 7.92. The topological polar surface area (TPSA) is 75.3 Å². The molecule has 0 bridgehead atoms. The third-order valence-electron chi connectivity index (χ3n) is 5.36. The van der Waals surface area contributed by atoms with E-state index in [1.165, 1.54) is 11.6 Å². The minimum Gasteiger partial charge on any atom is -0.346 e. The van der Waals surface area contributed by atoms with Gasteiger partial charge in [0.2, 0.25) is 0 Å². The van der Waals surface area contributed by atoms with Crippen molar-refractivity contribution in [1.82, 2.24) is 5.32 Å². The van der Waals surface area contributed by atoms with Crippen molar-refractivity contribution in [2.24, 2.45) is 0 Å². The van der Waals surface area contributed by atoms with Gasteiger partial charge in [-0.2, -0.15) is 0 Å². The van der Waals surface area contributed by atoms with Crippen LogP contribution in [0, 0.1) is 13.8 Å². The standard InChI is InChI=1S/C25H28N2O3S/c1-5-20-11-14-21(15-12-20)19(4)26-25(28)22-13-10-18(3)24(16-22)31(29,30)27-23-9-7-6-8-17(23)2/h6-16,19,27H,5H2,1-4H3,(H,26,28)/t19-/m0/s1. The molecule has 2 N–H and O–H groups in total. The number of hydrogen-bond donors (Lipinski definition) is 2. The zero-order chi connectivity index (χ0) is 22.6. The molecule has 3 aromatic rings. The van der Waals surface area contributed by atoms with E-state index in [9.17, 15) is 13.2 Å². The Kier molecular flexibility index (Phi) is 6.81. The Morgan fingerprint density at radius 1 is 0.935 bits per heavy atom. The molecule has 6 heteroatoms. The predicted octanol–water partition coefficient (Wildman–Crippen LogP) is 5.16. The second kappa shape index (κ2) is 9.35. The Morgan fingerprint density at radius 3 is 2.26 bits per heavy atom. The Hall–Kier alpha value is -3.12. The van der Waals surface area contributed by atoms with E-state index >= 15 is 0 Å². The predicted molar refractivity (Wildman–Crippen MR) is 125 cm³/mol. The van der Waals surface area contributed by atoms with Gasteiger partial charge in [0.05, 0.1) is 16.6 Å². The number of hydrogen-bond acceptors (Lipinski definition) is 3. The van der Waals surface area contributed by atoms with Gasteiger partial charge in [-0.1, -0.05) is 55.5 Å². The number of para-hydroxylation sites is 1. The molecule has 162 valence electrons. The Morgan fingerprint density at radius 2 is 1.61 bits per heavy atom. The summed E-state index contributed by atoms with van der Waals surface area (Å²) >= 11 is 0. The maximum absolute atomic E-state index is 13.0. The van der Waals surface area contributed by atoms with E-state index in [1.807, 2.05) is 50.2 Å². The van der Waals surface area contributed by atoms with Crippen LogP contribution in [0.5, 0.6) is 0 Å². The smallest absolute Gasteiger partial charge is 0.262 e. The van der Waals surface area contributed by atoms with Crippen LogP contribution in [-0.2, 0) is 16.4 Å². The minimum atomic E-state index is -3.84. The number of nitrogens with one attached hydrogen (secondary N) is 2. The lowest BCUT2D eigenvalue weighted by molar-refractivity contribution is 0.0939. The summed E-state index contributed by atoms with van der Waals surface area (Å²) in [5.41, 5.74) is 4.43. The van der Waals surface area contributed by atoms with Gasteiger partial charge in [-0.15, -0.1) is 0 Å². The average molecular weight is 437 g/mol. The van der Waals surface area contributed by atoms with Crippen LogP contribution < -0.4 is 10.0 Å². The molecule has 1 atom stereocenters. The van der Waals surface area contributed by atoms with Gasteiger partial charge in [0.15, 0.2) is 0 Å². The van der Waals surface area contributed by atoms with Crippen LogP contribution in [0.3, 0.4) is 0 Å². The monoisotopic (exact) mass is 436 g/mol. The summed E-state index contributed by atoms with van der Waals surface area (Å²) in [4.78, 5) is 12.9. The van der Waals surface area contributed by atoms with Gasteiger partial charge in [-0.05, 0) is 67.6 Å². The lowest BCUT2D eigenvalue weighted by Gasteiger charge is -2.16. The Bertz CT molecular complexity index is 1190. The molecule has 0 saturated heterocycles. The van der Waals surface area contributed by atoms with Gasteiger partial charge in [-0.3, -0.25) is 9.52 Å². The largest absolute Gasteiger partial charge is 0.346 e. The molecule has 0 unspecified atom stereocenters. The first-order valence-electron chi connectivity index (χ1n) is 10.3. The molecule has 0 aromatic heterocycles. The molecule has 0 fully saturated rings. The van der Waals surface area contributed by atoms with Crippen molar-refractivity contribution in [3.05, 3.63) is 94.5 Å². The van der Waals surface area contributed by atoms with E-state index in [0.29, 0.717) is 16.8 Å². The molecule has 5 nitrogen and oxygen atoms in total. The molecule has 3 rings (SSSR count). The lowest BCUT2D eigenvalue weighted by Crippen LogP contribution is -2.27. The number of sulfonamides is 1. The molecule has 0 spiro atoms. The normalized spacial score (nSPS) is 12.3. The van der Waals surface area contributed by atoms with Crippen molar-refractivity contribution in [3.63, 3.8) is 0 Å². The summed E-state index contributed by atoms with van der Waals surface area (Å²) in [6.07, 6.45) is 0.957. The third-order valence-corrected chi connectivity index (χ3v) is 6.87. The molecular formula is C25H28N2O3S. The highest BCUT2D eigenvalue weighted by Gasteiger charge is 2.21. The van der Waals surface area contributed by atoms with Gasteiger partial charge >= 0.3 is 0 Å². The van der Waals surface area contributed by atoms with Crippen LogP contribution in [0.2, 0.25) is 0 Å². The van der Waals surface area contributed by atoms with E-state index in [1.54, 1.807) is 31.2 Å². The van der Waals surface area contributed by atoms with Crippen LogP contribution in [0.1, 0.15) is 52.5 Å². The second-order valence-electron chi connectivity index (χ2n) is 7.69. The summed E-state index contributed by atoms with van der Waals surface area (Å²) in [6.45, 7) is 7.55. The summed E-state index contributed by atoms with van der Waals surface area (Å²) < 4.78 is 28.6. The van der Waals surface area contributed by atoms with Crippen LogP contribution in [0.4, 0.5) is 5.69 Å². The number of rotatable bonds is 7. The van der Waals surface area contributed by atoms with Gasteiger partial charge in [-0.25, -0.2) is 8.42 Å². The number of carbonyl (C=O) groups is 1. The van der Waals surface area contributed by atoms with Crippen LogP contribution in [0.25, 0.3) is 0 Å². The van der Waals surface area contributed by atoms with Crippen LogP contribution in [-0.4, -0.2) is 14.3 Å². The van der Waals surface area contributed by atoms with Crippen molar-refractivity contribution in [1.29, 1.82) is 0 Å². The number of anilines is 1. The first-order valence-corrected chi connectivity index (χ1v) is 11.8. The van der Waals surface area contributed by atoms with Crippen LogP contribution in [0.15, 0.2) is 71.6 Å². The van der Waals surface area contributed by atoms with Gasteiger partial charge in [0, 0.05) is 5.56 Å². The number of amides is 1. The molecule has 0 aliphatic rings. The van der Waals surface area contributed by atoms with E-state index in [4.69, 9.17) is 0 Å². The highest BCUT2D eigenvalue weighted by atomic mass is 32.2. The molecule has 1 amide bonds. The molecule has 31 heavy (non-hydrogen) atoms. The number of aryl methyl sites for hydroxylation is 3. The van der Waals surface area contributed by atoms with Crippen molar-refractivity contribution < 1.29 is 13.2 Å². The molecule has 0 heterocycles. The first kappa shape index (κ1) is 22.6. The zero-order valence-electron chi connectivity index (χ0n) is 18.3. The maximum atomic E-state index is 13.0. The van der Waals surface area contributed by atoms with Gasteiger partial charge in [0.1, 0.15) is 0 Å². The molecule has 0 aliphatic carbocycles. The van der Waals surface area contributed by atoms with E-state index in [2.05, 4.69) is 17.0 Å². The quantitative estimate of drug-likeness (QED) is 0.537. The Balaban J connectivity index is 1.82. The summed E-state index contributed by atoms with van der Waals surface area (Å²) in [5, 5.41) is 2.95. The SMILES string of the molecule is CCc1ccc([C@H](C)NC(=O)c2ccc(C)c(S(=O)(=O)Nc3ccccc3C)c2)cc1. The fourth-order valence-corrected chi connectivity index (χ4v) is 4.73. The maximum Gasteiger partial charge on any atom is 0.262 e. The second-order valence-corrected chi connectivity index (χ2v) is 9.34. The van der Waals surface area contributed by atoms with E-state index in [0.717, 1.165) is 17.5 Å². The molecular weight excluding hydrogens is 408 g/mol. The average Bonchev–Trinajstić information content (AvgIpc) is 2.75. The molecule has 0 radical (unpaired) electrons. The van der Waals surface area contributed by atoms with Gasteiger partial charge < -0.3 is 5.32 Å². The summed E-state index contributed by atoms with van der Waals surface area (Å²) in [5.74, 6) is -0.320. The highest BCUT2D eigenvalue weighted by Crippen LogP contribution is 2.23. The fourth-order valence-electron chi connectivity index (χ4n) is 3.32. The van der Waals surface area contributed by atoms with Gasteiger partial charge in [0.25, 0.3) is 15.9 Å². The van der Waals surface area contributed by atoms with E-state index in [-0.39, 0.29) is 16.8 Å². The minimum absolute atomic E-state index is 0.0864. The first-order chi connectivity index (χ1) is 14.7. The van der Waals surface area contributed by atoms with Crippen molar-refractivity contribution in [2.45, 2.75) is 45.1 Å². The fraction of sp³-hybridized carbons (Fsp3) is 0.240. The molecule has 0 saturated carbocycles. The lowest BCUT2D eigenvalue weighted by atomic mass is 10.0. The van der Waals surface area contributed by atoms with Crippen molar-refractivity contribution >= 4 is 21.6 Å². The molecule has 3 aromatic carbocycles. The Labute approximate surface area is 184 Å². The third kappa shape index (κ3) is 5.33. The number of carbonyl (C=O) groups excluding carboxylic acids is 1. The zero-order valence-corrected chi connectivity index (χ0v) is 19.1. The number of benzene rings is 3.